The molecule has 5 aliphatic rings. The van der Waals surface area contributed by atoms with Crippen LogP contribution in [0.5, 0.6) is 5.88 Å². The molecule has 3 aliphatic heterocycles. The predicted octanol–water partition coefficient (Wildman–Crippen LogP) is 5.28. The van der Waals surface area contributed by atoms with E-state index in [1.54, 1.807) is 31.1 Å². The zero-order chi connectivity index (χ0) is 34.7. The lowest BCUT2D eigenvalue weighted by Crippen LogP contribution is -2.37. The smallest absolute Gasteiger partial charge is 0.262 e. The van der Waals surface area contributed by atoms with Gasteiger partial charge in [0.1, 0.15) is 5.57 Å². The van der Waals surface area contributed by atoms with E-state index in [9.17, 15) is 14.4 Å². The maximum absolute atomic E-state index is 13.4. The zero-order valence-corrected chi connectivity index (χ0v) is 29.3. The molecule has 0 radical (unpaired) electrons. The summed E-state index contributed by atoms with van der Waals surface area (Å²) in [4.78, 5) is 46.4. The summed E-state index contributed by atoms with van der Waals surface area (Å²) >= 11 is 14.1. The molecular formula is C37H38Cl2N6O5. The van der Waals surface area contributed by atoms with Gasteiger partial charge in [-0.25, -0.2) is 4.98 Å². The highest BCUT2D eigenvalue weighted by atomic mass is 35.5. The Balaban J connectivity index is 1.07. The van der Waals surface area contributed by atoms with Crippen molar-refractivity contribution in [1.29, 1.82) is 0 Å². The predicted molar refractivity (Wildman–Crippen MR) is 189 cm³/mol. The number of aromatic nitrogens is 1. The Hall–Kier alpha value is -4.16. The normalized spacial score (nSPS) is 24.0. The van der Waals surface area contributed by atoms with Gasteiger partial charge in [0.15, 0.2) is 12.5 Å². The number of ether oxygens (including phenoxy) is 2. The van der Waals surface area contributed by atoms with Crippen molar-refractivity contribution in [1.82, 2.24) is 25.4 Å². The molecule has 2 aliphatic carbocycles. The van der Waals surface area contributed by atoms with Crippen LogP contribution in [-0.2, 0) is 25.5 Å². The lowest BCUT2D eigenvalue weighted by molar-refractivity contribution is -0.129. The lowest BCUT2D eigenvalue weighted by Gasteiger charge is -2.20. The molecule has 2 aromatic carbocycles. The fourth-order valence-corrected chi connectivity index (χ4v) is 7.69. The minimum atomic E-state index is -0.573. The molecule has 13 heteroatoms. The number of carbonyl (C=O) groups excluding carboxylic acids is 3. The fraction of sp³-hybridized carbons (Fsp3) is 0.405. The van der Waals surface area contributed by atoms with E-state index in [0.29, 0.717) is 58.9 Å². The van der Waals surface area contributed by atoms with Gasteiger partial charge in [-0.2, -0.15) is 0 Å². The summed E-state index contributed by atoms with van der Waals surface area (Å²) in [7, 11) is 3.38. The SMILES string of the molecule is CN1C=C(C(=O)Nc2cccc(-c3cccc(-c4cc5c(c(OCC6CC6)n4)[C@@H](NCC4CCC(=O)N4)CC5)c3Cl)c2Cl)C(=O)N(C)C2OC21. The number of fused-ring (bicyclic) bond motifs is 2. The van der Waals surface area contributed by atoms with Crippen LogP contribution in [-0.4, -0.2) is 78.2 Å². The number of nitrogens with one attached hydrogen (secondary N) is 3. The van der Waals surface area contributed by atoms with E-state index >= 15 is 0 Å². The van der Waals surface area contributed by atoms with Crippen LogP contribution in [0.2, 0.25) is 10.0 Å². The van der Waals surface area contributed by atoms with E-state index in [0.717, 1.165) is 43.2 Å². The quantitative estimate of drug-likeness (QED) is 0.191. The summed E-state index contributed by atoms with van der Waals surface area (Å²) in [6.07, 6.45) is 6.35. The Morgan fingerprint density at radius 1 is 1.00 bits per heavy atom. The summed E-state index contributed by atoms with van der Waals surface area (Å²) in [6, 6.07) is 13.4. The molecule has 3 amide bonds. The van der Waals surface area contributed by atoms with Crippen LogP contribution in [0.3, 0.4) is 0 Å². The Morgan fingerprint density at radius 3 is 2.52 bits per heavy atom. The largest absolute Gasteiger partial charge is 0.477 e. The topological polar surface area (TPSA) is 128 Å². The van der Waals surface area contributed by atoms with Crippen molar-refractivity contribution in [3.8, 4) is 28.3 Å². The molecular weight excluding hydrogens is 679 g/mol. The number of amides is 3. The third kappa shape index (κ3) is 6.32. The second kappa shape index (κ2) is 13.2. The second-order valence-electron chi connectivity index (χ2n) is 13.8. The van der Waals surface area contributed by atoms with Gasteiger partial charge in [-0.1, -0.05) is 53.5 Å². The van der Waals surface area contributed by atoms with Crippen LogP contribution in [0, 0.1) is 5.92 Å². The number of benzene rings is 2. The van der Waals surface area contributed by atoms with Gasteiger partial charge in [0.05, 0.1) is 28.0 Å². The highest BCUT2D eigenvalue weighted by Gasteiger charge is 2.50. The number of pyridine rings is 1. The molecule has 3 aromatic rings. The number of aryl methyl sites for hydroxylation is 1. The molecule has 50 heavy (non-hydrogen) atoms. The number of nitrogens with zero attached hydrogens (tertiary/aromatic N) is 3. The van der Waals surface area contributed by atoms with Crippen molar-refractivity contribution >= 4 is 46.6 Å². The van der Waals surface area contributed by atoms with Crippen LogP contribution < -0.4 is 20.7 Å². The molecule has 0 bridgehead atoms. The van der Waals surface area contributed by atoms with Crippen LogP contribution >= 0.6 is 23.2 Å². The number of hydrogen-bond donors (Lipinski definition) is 3. The zero-order valence-electron chi connectivity index (χ0n) is 27.8. The van der Waals surface area contributed by atoms with E-state index in [1.165, 1.54) is 16.7 Å². The summed E-state index contributed by atoms with van der Waals surface area (Å²) in [5, 5.41) is 10.3. The summed E-state index contributed by atoms with van der Waals surface area (Å²) < 4.78 is 11.9. The summed E-state index contributed by atoms with van der Waals surface area (Å²) in [5.41, 5.74) is 5.32. The van der Waals surface area contributed by atoms with Crippen molar-refractivity contribution in [3.63, 3.8) is 0 Å². The highest BCUT2D eigenvalue weighted by Crippen LogP contribution is 2.45. The Morgan fingerprint density at radius 2 is 1.76 bits per heavy atom. The van der Waals surface area contributed by atoms with Crippen molar-refractivity contribution in [2.75, 3.05) is 32.6 Å². The van der Waals surface area contributed by atoms with Gasteiger partial charge >= 0.3 is 0 Å². The third-order valence-electron chi connectivity index (χ3n) is 10.2. The Kier molecular flexibility index (Phi) is 8.71. The first-order valence-corrected chi connectivity index (χ1v) is 17.9. The van der Waals surface area contributed by atoms with Gasteiger partial charge < -0.3 is 35.2 Å². The molecule has 3 fully saturated rings. The first-order chi connectivity index (χ1) is 24.2. The molecule has 1 aromatic heterocycles. The van der Waals surface area contributed by atoms with Crippen LogP contribution in [0.4, 0.5) is 5.69 Å². The van der Waals surface area contributed by atoms with Gasteiger partial charge in [0.2, 0.25) is 11.8 Å². The van der Waals surface area contributed by atoms with E-state index in [-0.39, 0.29) is 41.0 Å². The number of epoxide rings is 1. The van der Waals surface area contributed by atoms with Crippen LogP contribution in [0.1, 0.15) is 49.3 Å². The molecule has 8 rings (SSSR count). The van der Waals surface area contributed by atoms with Gasteiger partial charge in [-0.15, -0.1) is 0 Å². The molecule has 4 heterocycles. The number of likely N-dealkylation sites (N-methyl/N-ethyl adjacent to an activating group) is 2. The van der Waals surface area contributed by atoms with Gasteiger partial charge in [0, 0.05) is 67.6 Å². The molecule has 2 saturated heterocycles. The number of anilines is 1. The average molecular weight is 718 g/mol. The van der Waals surface area contributed by atoms with Crippen molar-refractivity contribution in [2.45, 2.75) is 63.1 Å². The summed E-state index contributed by atoms with van der Waals surface area (Å²) in [5.74, 6) is 0.279. The Bertz CT molecular complexity index is 1930. The van der Waals surface area contributed by atoms with Crippen molar-refractivity contribution in [3.05, 3.63) is 75.4 Å². The number of carbonyl (C=O) groups is 3. The van der Waals surface area contributed by atoms with E-state index < -0.39 is 11.8 Å². The standard InChI is InChI=1S/C37H38Cl2N6O5/c1-44-17-25(35(48)45(2)37-36(44)50-37)33(47)42-27-8-4-6-23(32(27)39)22-5-3-7-24(31(22)38)28-15-20-11-13-26(40-16-21-12-14-29(46)41-21)30(20)34(43-28)49-18-19-9-10-19/h3-8,15,17,19,21,26,36-37,40H,9-14,16,18H2,1-2H3,(H,41,46)(H,42,47)/t21?,26-,36?,37?/m0/s1. The molecule has 11 nitrogen and oxygen atoms in total. The molecule has 0 spiro atoms. The monoisotopic (exact) mass is 716 g/mol. The number of halogens is 2. The van der Waals surface area contributed by atoms with Crippen LogP contribution in [0.15, 0.2) is 54.2 Å². The highest BCUT2D eigenvalue weighted by molar-refractivity contribution is 6.40. The average Bonchev–Trinajstić information content (AvgIpc) is 4.03. The minimum absolute atomic E-state index is 0.0163. The first kappa shape index (κ1) is 33.0. The van der Waals surface area contributed by atoms with Gasteiger partial charge in [0.25, 0.3) is 11.8 Å². The Labute approximate surface area is 300 Å². The molecule has 3 unspecified atom stereocenters. The first-order valence-electron chi connectivity index (χ1n) is 17.1. The third-order valence-corrected chi connectivity index (χ3v) is 11.0. The second-order valence-corrected chi connectivity index (χ2v) is 14.5. The van der Waals surface area contributed by atoms with Crippen molar-refractivity contribution in [2.24, 2.45) is 5.92 Å². The number of hydrogen-bond acceptors (Lipinski definition) is 8. The van der Waals surface area contributed by atoms with E-state index in [4.69, 9.17) is 37.7 Å². The van der Waals surface area contributed by atoms with Gasteiger partial charge in [-0.3, -0.25) is 14.4 Å². The van der Waals surface area contributed by atoms with E-state index in [2.05, 4.69) is 22.0 Å². The molecule has 4 atom stereocenters. The van der Waals surface area contributed by atoms with Crippen LogP contribution in [0.25, 0.3) is 22.4 Å². The summed E-state index contributed by atoms with van der Waals surface area (Å²) in [6.45, 7) is 1.33. The minimum Gasteiger partial charge on any atom is -0.477 e. The molecule has 260 valence electrons. The fourth-order valence-electron chi connectivity index (χ4n) is 7.09. The van der Waals surface area contributed by atoms with E-state index in [1.807, 2.05) is 24.3 Å². The molecule has 1 saturated carbocycles. The van der Waals surface area contributed by atoms with Gasteiger partial charge in [-0.05, 0) is 55.7 Å². The number of rotatable bonds is 10. The maximum atomic E-state index is 13.4. The maximum Gasteiger partial charge on any atom is 0.262 e. The molecule has 3 N–H and O–H groups in total. The lowest BCUT2D eigenvalue weighted by atomic mass is 9.99. The van der Waals surface area contributed by atoms with Crippen molar-refractivity contribution < 1.29 is 23.9 Å².